The molecule has 0 bridgehead atoms. The van der Waals surface area contributed by atoms with Gasteiger partial charge in [0.1, 0.15) is 5.75 Å². The first-order valence-electron chi connectivity index (χ1n) is 3.80. The van der Waals surface area contributed by atoms with E-state index in [4.69, 9.17) is 14.9 Å². The van der Waals surface area contributed by atoms with Crippen LogP contribution in [0.1, 0.15) is 15.9 Å². The number of aliphatic hydroxyl groups excluding tert-OH is 1. The van der Waals surface area contributed by atoms with Gasteiger partial charge in [0.25, 0.3) is 0 Å². The summed E-state index contributed by atoms with van der Waals surface area (Å²) in [4.78, 5) is 10.7. The fourth-order valence-corrected chi connectivity index (χ4v) is 1.63. The third-order valence-electron chi connectivity index (χ3n) is 1.77. The van der Waals surface area contributed by atoms with E-state index in [2.05, 4.69) is 15.9 Å². The van der Waals surface area contributed by atoms with Gasteiger partial charge in [0.15, 0.2) is 0 Å². The first-order chi connectivity index (χ1) is 6.60. The van der Waals surface area contributed by atoms with E-state index in [0.717, 1.165) is 0 Å². The van der Waals surface area contributed by atoms with Crippen LogP contribution in [-0.2, 0) is 6.61 Å². The van der Waals surface area contributed by atoms with Crippen LogP contribution in [0.15, 0.2) is 16.6 Å². The van der Waals surface area contributed by atoms with Gasteiger partial charge in [-0.05, 0) is 28.1 Å². The molecule has 0 aliphatic carbocycles. The predicted molar refractivity (Wildman–Crippen MR) is 53.6 cm³/mol. The highest BCUT2D eigenvalue weighted by Crippen LogP contribution is 2.27. The molecule has 0 fully saturated rings. The number of carboxylic acid groups (broad SMARTS) is 1. The molecular weight excluding hydrogens is 252 g/mol. The molecule has 0 saturated carbocycles. The second-order valence-electron chi connectivity index (χ2n) is 2.61. The minimum absolute atomic E-state index is 0.110. The standard InChI is InChI=1S/C9H9BrO4/c1-14-8-3-6(9(12)13)7(10)2-5(8)4-11/h2-3,11H,4H2,1H3,(H,12,13). The zero-order valence-corrected chi connectivity index (χ0v) is 9.04. The lowest BCUT2D eigenvalue weighted by molar-refractivity contribution is 0.0695. The van der Waals surface area contributed by atoms with Crippen LogP contribution in [0.4, 0.5) is 0 Å². The van der Waals surface area contributed by atoms with Crippen molar-refractivity contribution in [2.24, 2.45) is 0 Å². The molecule has 5 heteroatoms. The third-order valence-corrected chi connectivity index (χ3v) is 2.43. The van der Waals surface area contributed by atoms with Crippen molar-refractivity contribution in [3.8, 4) is 5.75 Å². The fourth-order valence-electron chi connectivity index (χ4n) is 1.07. The lowest BCUT2D eigenvalue weighted by Gasteiger charge is -2.08. The summed E-state index contributed by atoms with van der Waals surface area (Å²) in [6.07, 6.45) is 0. The number of ether oxygens (including phenoxy) is 1. The second kappa shape index (κ2) is 4.43. The molecule has 4 nitrogen and oxygen atoms in total. The number of methoxy groups -OCH3 is 1. The number of benzene rings is 1. The van der Waals surface area contributed by atoms with Crippen molar-refractivity contribution < 1.29 is 19.7 Å². The van der Waals surface area contributed by atoms with E-state index in [1.807, 2.05) is 0 Å². The van der Waals surface area contributed by atoms with Gasteiger partial charge >= 0.3 is 5.97 Å². The van der Waals surface area contributed by atoms with Crippen LogP contribution >= 0.6 is 15.9 Å². The highest BCUT2D eigenvalue weighted by Gasteiger charge is 2.13. The van der Waals surface area contributed by atoms with Crippen molar-refractivity contribution in [2.75, 3.05) is 7.11 Å². The number of carbonyl (C=O) groups is 1. The van der Waals surface area contributed by atoms with Crippen molar-refractivity contribution in [1.82, 2.24) is 0 Å². The minimum Gasteiger partial charge on any atom is -0.496 e. The molecule has 76 valence electrons. The van der Waals surface area contributed by atoms with Crippen molar-refractivity contribution >= 4 is 21.9 Å². The number of aromatic carboxylic acids is 1. The Balaban J connectivity index is 3.30. The van der Waals surface area contributed by atoms with E-state index in [1.165, 1.54) is 19.2 Å². The lowest BCUT2D eigenvalue weighted by atomic mass is 10.1. The van der Waals surface area contributed by atoms with Crippen LogP contribution in [0.5, 0.6) is 5.75 Å². The molecule has 0 heterocycles. The summed E-state index contributed by atoms with van der Waals surface area (Å²) in [5, 5.41) is 17.8. The van der Waals surface area contributed by atoms with E-state index < -0.39 is 5.97 Å². The van der Waals surface area contributed by atoms with Crippen LogP contribution < -0.4 is 4.74 Å². The quantitative estimate of drug-likeness (QED) is 0.868. The van der Waals surface area contributed by atoms with Gasteiger partial charge in [-0.2, -0.15) is 0 Å². The van der Waals surface area contributed by atoms with Crippen LogP contribution in [0.2, 0.25) is 0 Å². The maximum Gasteiger partial charge on any atom is 0.336 e. The monoisotopic (exact) mass is 260 g/mol. The minimum atomic E-state index is -1.04. The molecule has 0 radical (unpaired) electrons. The van der Waals surface area contributed by atoms with Gasteiger partial charge in [-0.25, -0.2) is 4.79 Å². The average molecular weight is 261 g/mol. The van der Waals surface area contributed by atoms with Gasteiger partial charge in [-0.1, -0.05) is 0 Å². The van der Waals surface area contributed by atoms with Crippen molar-refractivity contribution in [2.45, 2.75) is 6.61 Å². The lowest BCUT2D eigenvalue weighted by Crippen LogP contribution is -2.01. The second-order valence-corrected chi connectivity index (χ2v) is 3.46. The molecule has 0 spiro atoms. The first-order valence-corrected chi connectivity index (χ1v) is 4.60. The Bertz CT molecular complexity index is 362. The van der Waals surface area contributed by atoms with Gasteiger partial charge in [-0.3, -0.25) is 0 Å². The summed E-state index contributed by atoms with van der Waals surface area (Å²) in [5.74, 6) is -0.673. The summed E-state index contributed by atoms with van der Waals surface area (Å²) < 4.78 is 5.36. The summed E-state index contributed by atoms with van der Waals surface area (Å²) in [7, 11) is 1.42. The largest absolute Gasteiger partial charge is 0.496 e. The van der Waals surface area contributed by atoms with E-state index >= 15 is 0 Å². The van der Waals surface area contributed by atoms with Gasteiger partial charge < -0.3 is 14.9 Å². The Morgan fingerprint density at radius 3 is 2.64 bits per heavy atom. The Morgan fingerprint density at radius 2 is 2.21 bits per heavy atom. The van der Waals surface area contributed by atoms with Gasteiger partial charge in [0.2, 0.25) is 0 Å². The average Bonchev–Trinajstić information content (AvgIpc) is 2.16. The van der Waals surface area contributed by atoms with Gasteiger partial charge in [0.05, 0.1) is 19.3 Å². The van der Waals surface area contributed by atoms with Crippen LogP contribution in [0, 0.1) is 0 Å². The number of carboxylic acids is 1. The maximum atomic E-state index is 10.7. The Hall–Kier alpha value is -1.07. The molecule has 0 saturated heterocycles. The molecule has 0 atom stereocenters. The summed E-state index contributed by atoms with van der Waals surface area (Å²) in [6.45, 7) is -0.193. The molecule has 1 aromatic rings. The summed E-state index contributed by atoms with van der Waals surface area (Å²) >= 11 is 3.10. The zero-order valence-electron chi connectivity index (χ0n) is 7.45. The normalized spacial score (nSPS) is 9.93. The van der Waals surface area contributed by atoms with Crippen LogP contribution in [0.25, 0.3) is 0 Å². The molecule has 0 aromatic heterocycles. The zero-order chi connectivity index (χ0) is 10.7. The molecule has 1 rings (SSSR count). The molecule has 1 aromatic carbocycles. The van der Waals surface area contributed by atoms with Gasteiger partial charge in [-0.15, -0.1) is 0 Å². The van der Waals surface area contributed by atoms with Crippen LogP contribution in [-0.4, -0.2) is 23.3 Å². The summed E-state index contributed by atoms with van der Waals surface area (Å²) in [6, 6.07) is 2.90. The van der Waals surface area contributed by atoms with E-state index in [-0.39, 0.29) is 12.2 Å². The molecular formula is C9H9BrO4. The molecule has 0 amide bonds. The number of aliphatic hydroxyl groups is 1. The van der Waals surface area contributed by atoms with E-state index in [9.17, 15) is 4.79 Å². The van der Waals surface area contributed by atoms with E-state index in [0.29, 0.717) is 15.8 Å². The Labute approximate surface area is 89.3 Å². The topological polar surface area (TPSA) is 66.8 Å². The smallest absolute Gasteiger partial charge is 0.336 e. The molecule has 0 unspecified atom stereocenters. The van der Waals surface area contributed by atoms with Crippen molar-refractivity contribution in [3.63, 3.8) is 0 Å². The highest BCUT2D eigenvalue weighted by molar-refractivity contribution is 9.10. The first kappa shape index (κ1) is 11.0. The predicted octanol–water partition coefficient (Wildman–Crippen LogP) is 1.65. The maximum absolute atomic E-state index is 10.7. The molecule has 2 N–H and O–H groups in total. The number of hydrogen-bond acceptors (Lipinski definition) is 3. The molecule has 0 aliphatic heterocycles. The molecule has 14 heavy (non-hydrogen) atoms. The van der Waals surface area contributed by atoms with Crippen molar-refractivity contribution in [3.05, 3.63) is 27.7 Å². The SMILES string of the molecule is COc1cc(C(=O)O)c(Br)cc1CO. The Morgan fingerprint density at radius 1 is 1.57 bits per heavy atom. The van der Waals surface area contributed by atoms with Crippen LogP contribution in [0.3, 0.4) is 0 Å². The number of halogens is 1. The highest BCUT2D eigenvalue weighted by atomic mass is 79.9. The van der Waals surface area contributed by atoms with Gasteiger partial charge in [0, 0.05) is 10.0 Å². The fraction of sp³-hybridized carbons (Fsp3) is 0.222. The summed E-state index contributed by atoms with van der Waals surface area (Å²) in [5.41, 5.74) is 0.656. The Kier molecular flexibility index (Phi) is 3.49. The number of hydrogen-bond donors (Lipinski definition) is 2. The van der Waals surface area contributed by atoms with Crippen molar-refractivity contribution in [1.29, 1.82) is 0 Å². The third kappa shape index (κ3) is 2.05. The van der Waals surface area contributed by atoms with E-state index in [1.54, 1.807) is 0 Å². The molecule has 0 aliphatic rings. The number of rotatable bonds is 3.